The number of alkyl halides is 2. The molecule has 0 radical (unpaired) electrons. The molecule has 33 heavy (non-hydrogen) atoms. The van der Waals surface area contributed by atoms with Crippen molar-refractivity contribution in [3.05, 3.63) is 42.2 Å². The van der Waals surface area contributed by atoms with Crippen molar-refractivity contribution in [3.63, 3.8) is 0 Å². The van der Waals surface area contributed by atoms with Crippen molar-refractivity contribution < 1.29 is 23.0 Å². The second-order valence-electron chi connectivity index (χ2n) is 8.79. The average molecular weight is 464 g/mol. The highest BCUT2D eigenvalue weighted by Crippen LogP contribution is 2.30. The monoisotopic (exact) mass is 463 g/mol. The van der Waals surface area contributed by atoms with Gasteiger partial charge in [0.15, 0.2) is 0 Å². The van der Waals surface area contributed by atoms with E-state index < -0.39 is 6.11 Å². The van der Waals surface area contributed by atoms with Crippen LogP contribution in [0.15, 0.2) is 36.5 Å². The number of anilines is 1. The third-order valence-corrected chi connectivity index (χ3v) is 6.36. The van der Waals surface area contributed by atoms with E-state index in [1.807, 2.05) is 12.1 Å². The van der Waals surface area contributed by atoms with Gasteiger partial charge in [-0.2, -0.15) is 8.78 Å². The molecular formula is C25H35F2N3O3. The summed E-state index contributed by atoms with van der Waals surface area (Å²) < 4.78 is 44.5. The highest BCUT2D eigenvalue weighted by atomic mass is 19.3. The number of piperidine rings is 1. The summed E-state index contributed by atoms with van der Waals surface area (Å²) in [6.07, 6.45) is 2.12. The standard InChI is InChI=1S/C25H35F2N3O3/c1-3-23-24(10-13-30(23)20-4-6-22(7-5-20)33-25(2,26)27)29-11-8-21(9-12-29)32-19-16-28-14-17-31-18-15-28/h4-7,10,13,21H,3,8-9,11-12,14-19H2,1-2H3. The van der Waals surface area contributed by atoms with Gasteiger partial charge in [0, 0.05) is 57.2 Å². The second kappa shape index (κ2) is 10.8. The normalized spacial score (nSPS) is 18.6. The van der Waals surface area contributed by atoms with Gasteiger partial charge in [-0.05, 0) is 49.6 Å². The fourth-order valence-electron chi connectivity index (χ4n) is 4.65. The fourth-order valence-corrected chi connectivity index (χ4v) is 4.65. The van der Waals surface area contributed by atoms with Gasteiger partial charge in [-0.3, -0.25) is 4.90 Å². The molecule has 2 saturated heterocycles. The molecule has 0 N–H and O–H groups in total. The van der Waals surface area contributed by atoms with Crippen LogP contribution in [-0.2, 0) is 15.9 Å². The molecule has 0 saturated carbocycles. The van der Waals surface area contributed by atoms with Crippen molar-refractivity contribution in [1.29, 1.82) is 0 Å². The molecule has 2 aromatic rings. The van der Waals surface area contributed by atoms with Crippen molar-refractivity contribution in [2.45, 2.75) is 45.3 Å². The van der Waals surface area contributed by atoms with Crippen LogP contribution in [0.1, 0.15) is 32.4 Å². The Balaban J connectivity index is 1.32. The van der Waals surface area contributed by atoms with Crippen molar-refractivity contribution >= 4 is 5.69 Å². The molecule has 0 aliphatic carbocycles. The average Bonchev–Trinajstić information content (AvgIpc) is 3.24. The maximum atomic E-state index is 13.1. The lowest BCUT2D eigenvalue weighted by atomic mass is 10.1. The van der Waals surface area contributed by atoms with E-state index in [2.05, 4.69) is 38.3 Å². The number of hydrogen-bond acceptors (Lipinski definition) is 5. The Morgan fingerprint density at radius 1 is 1.03 bits per heavy atom. The predicted molar refractivity (Wildman–Crippen MR) is 125 cm³/mol. The first-order valence-electron chi connectivity index (χ1n) is 12.0. The van der Waals surface area contributed by atoms with Crippen molar-refractivity contribution in [3.8, 4) is 11.4 Å². The third kappa shape index (κ3) is 6.46. The van der Waals surface area contributed by atoms with E-state index in [0.29, 0.717) is 6.10 Å². The van der Waals surface area contributed by atoms with Gasteiger partial charge in [0.2, 0.25) is 0 Å². The van der Waals surface area contributed by atoms with Crippen LogP contribution in [0.2, 0.25) is 0 Å². The Bertz CT molecular complexity index is 868. The lowest BCUT2D eigenvalue weighted by Gasteiger charge is -2.34. The molecule has 0 amide bonds. The number of hydrogen-bond donors (Lipinski definition) is 0. The zero-order valence-electron chi connectivity index (χ0n) is 19.6. The van der Waals surface area contributed by atoms with E-state index >= 15 is 0 Å². The van der Waals surface area contributed by atoms with Crippen LogP contribution in [0.3, 0.4) is 0 Å². The Kier molecular flexibility index (Phi) is 7.88. The lowest BCUT2D eigenvalue weighted by molar-refractivity contribution is -0.158. The molecule has 0 unspecified atom stereocenters. The van der Waals surface area contributed by atoms with Crippen LogP contribution in [0.4, 0.5) is 14.5 Å². The molecule has 8 heteroatoms. The summed E-state index contributed by atoms with van der Waals surface area (Å²) in [7, 11) is 0. The van der Waals surface area contributed by atoms with Gasteiger partial charge in [0.05, 0.1) is 31.6 Å². The number of nitrogens with zero attached hydrogens (tertiary/aromatic N) is 3. The minimum absolute atomic E-state index is 0.160. The summed E-state index contributed by atoms with van der Waals surface area (Å²) in [6.45, 7) is 10.2. The molecule has 3 heterocycles. The Hall–Kier alpha value is -2.16. The SMILES string of the molecule is CCc1c(N2CCC(OCCN3CCOCC3)CC2)ccn1-c1ccc(OC(C)(F)F)cc1. The van der Waals surface area contributed by atoms with E-state index in [1.54, 1.807) is 12.1 Å². The summed E-state index contributed by atoms with van der Waals surface area (Å²) >= 11 is 0. The molecule has 1 aromatic heterocycles. The van der Waals surface area contributed by atoms with E-state index in [-0.39, 0.29) is 5.75 Å². The number of morpholine rings is 1. The summed E-state index contributed by atoms with van der Waals surface area (Å²) in [5, 5.41) is 0. The Morgan fingerprint density at radius 2 is 1.73 bits per heavy atom. The van der Waals surface area contributed by atoms with Crippen LogP contribution in [0.5, 0.6) is 5.75 Å². The highest BCUT2D eigenvalue weighted by Gasteiger charge is 2.24. The summed E-state index contributed by atoms with van der Waals surface area (Å²) in [6, 6.07) is 8.97. The number of halogens is 2. The van der Waals surface area contributed by atoms with Gasteiger partial charge in [-0.25, -0.2) is 0 Å². The molecular weight excluding hydrogens is 428 g/mol. The zero-order chi connectivity index (χ0) is 23.3. The number of ether oxygens (including phenoxy) is 3. The fraction of sp³-hybridized carbons (Fsp3) is 0.600. The van der Waals surface area contributed by atoms with Crippen molar-refractivity contribution in [2.24, 2.45) is 0 Å². The van der Waals surface area contributed by atoms with E-state index in [9.17, 15) is 8.78 Å². The first kappa shape index (κ1) is 24.0. The largest absolute Gasteiger partial charge is 0.433 e. The molecule has 0 spiro atoms. The molecule has 2 aliphatic rings. The smallest absolute Gasteiger partial charge is 0.394 e. The molecule has 6 nitrogen and oxygen atoms in total. The van der Waals surface area contributed by atoms with Gasteiger partial charge in [0.1, 0.15) is 5.75 Å². The Morgan fingerprint density at radius 3 is 2.36 bits per heavy atom. The van der Waals surface area contributed by atoms with Gasteiger partial charge < -0.3 is 23.7 Å². The number of benzene rings is 1. The van der Waals surface area contributed by atoms with Crippen LogP contribution in [-0.4, -0.2) is 74.2 Å². The van der Waals surface area contributed by atoms with Crippen LogP contribution in [0, 0.1) is 0 Å². The van der Waals surface area contributed by atoms with Crippen LogP contribution >= 0.6 is 0 Å². The minimum Gasteiger partial charge on any atom is -0.433 e. The van der Waals surface area contributed by atoms with E-state index in [0.717, 1.165) is 84.4 Å². The summed E-state index contributed by atoms with van der Waals surface area (Å²) in [5.41, 5.74) is 3.40. The Labute approximate surface area is 195 Å². The van der Waals surface area contributed by atoms with Crippen molar-refractivity contribution in [1.82, 2.24) is 9.47 Å². The number of aromatic nitrogens is 1. The molecule has 0 atom stereocenters. The predicted octanol–water partition coefficient (Wildman–Crippen LogP) is 4.35. The topological polar surface area (TPSA) is 39.1 Å². The molecule has 0 bridgehead atoms. The van der Waals surface area contributed by atoms with Gasteiger partial charge in [-0.15, -0.1) is 0 Å². The highest BCUT2D eigenvalue weighted by molar-refractivity contribution is 5.56. The lowest BCUT2D eigenvalue weighted by Crippen LogP contribution is -2.40. The third-order valence-electron chi connectivity index (χ3n) is 6.36. The van der Waals surface area contributed by atoms with Crippen molar-refractivity contribution in [2.75, 3.05) is 57.4 Å². The number of rotatable bonds is 9. The first-order valence-corrected chi connectivity index (χ1v) is 12.0. The maximum absolute atomic E-state index is 13.1. The quantitative estimate of drug-likeness (QED) is 0.553. The van der Waals surface area contributed by atoms with Gasteiger partial charge >= 0.3 is 6.11 Å². The zero-order valence-corrected chi connectivity index (χ0v) is 19.6. The van der Waals surface area contributed by atoms with Gasteiger partial charge in [-0.1, -0.05) is 6.92 Å². The molecule has 182 valence electrons. The van der Waals surface area contributed by atoms with Gasteiger partial charge in [0.25, 0.3) is 0 Å². The van der Waals surface area contributed by atoms with E-state index in [4.69, 9.17) is 9.47 Å². The van der Waals surface area contributed by atoms with E-state index in [1.165, 1.54) is 11.4 Å². The minimum atomic E-state index is -3.19. The van der Waals surface area contributed by atoms with Crippen LogP contribution < -0.4 is 9.64 Å². The molecule has 1 aromatic carbocycles. The maximum Gasteiger partial charge on any atom is 0.394 e. The summed E-state index contributed by atoms with van der Waals surface area (Å²) in [5.74, 6) is 0.160. The summed E-state index contributed by atoms with van der Waals surface area (Å²) in [4.78, 5) is 4.84. The molecule has 2 aliphatic heterocycles. The second-order valence-corrected chi connectivity index (χ2v) is 8.79. The van der Waals surface area contributed by atoms with Crippen LogP contribution in [0.25, 0.3) is 5.69 Å². The first-order chi connectivity index (χ1) is 15.9. The molecule has 4 rings (SSSR count). The molecule has 2 fully saturated rings.